The SMILES string of the molecule is CCCCCCCCO[C@H]1C[C@H](O)[C@@H](O)[C@H](C)O1. The minimum atomic E-state index is -0.793. The van der Waals surface area contributed by atoms with E-state index >= 15 is 0 Å². The molecule has 4 nitrogen and oxygen atoms in total. The van der Waals surface area contributed by atoms with Crippen LogP contribution in [0.25, 0.3) is 0 Å². The maximum atomic E-state index is 9.61. The monoisotopic (exact) mass is 260 g/mol. The van der Waals surface area contributed by atoms with Crippen LogP contribution in [-0.4, -0.2) is 41.4 Å². The fourth-order valence-corrected chi connectivity index (χ4v) is 2.23. The van der Waals surface area contributed by atoms with Gasteiger partial charge in [0.1, 0.15) is 6.10 Å². The van der Waals surface area contributed by atoms with Gasteiger partial charge in [-0.1, -0.05) is 39.0 Å². The highest BCUT2D eigenvalue weighted by atomic mass is 16.7. The minimum absolute atomic E-state index is 0.358. The predicted octanol–water partition coefficient (Wildman–Crippen LogP) is 2.22. The van der Waals surface area contributed by atoms with Crippen LogP contribution in [0.5, 0.6) is 0 Å². The lowest BCUT2D eigenvalue weighted by Gasteiger charge is -2.35. The average molecular weight is 260 g/mol. The topological polar surface area (TPSA) is 58.9 Å². The van der Waals surface area contributed by atoms with Crippen molar-refractivity contribution < 1.29 is 19.7 Å². The van der Waals surface area contributed by atoms with Crippen LogP contribution < -0.4 is 0 Å². The zero-order valence-electron chi connectivity index (χ0n) is 11.7. The summed E-state index contributed by atoms with van der Waals surface area (Å²) in [5.74, 6) is 0. The van der Waals surface area contributed by atoms with Gasteiger partial charge >= 0.3 is 0 Å². The fraction of sp³-hybridized carbons (Fsp3) is 1.00. The van der Waals surface area contributed by atoms with E-state index < -0.39 is 12.2 Å². The molecule has 0 aromatic carbocycles. The number of aliphatic hydroxyl groups excluding tert-OH is 2. The first kappa shape index (κ1) is 15.9. The maximum absolute atomic E-state index is 9.61. The largest absolute Gasteiger partial charge is 0.390 e. The summed E-state index contributed by atoms with van der Waals surface area (Å²) in [5.41, 5.74) is 0. The molecule has 4 atom stereocenters. The summed E-state index contributed by atoms with van der Waals surface area (Å²) < 4.78 is 11.1. The highest BCUT2D eigenvalue weighted by Gasteiger charge is 2.34. The smallest absolute Gasteiger partial charge is 0.160 e. The molecule has 2 N–H and O–H groups in total. The molecule has 4 heteroatoms. The van der Waals surface area contributed by atoms with Crippen molar-refractivity contribution in [1.82, 2.24) is 0 Å². The van der Waals surface area contributed by atoms with E-state index in [0.717, 1.165) is 6.42 Å². The van der Waals surface area contributed by atoms with Gasteiger partial charge in [0.15, 0.2) is 6.29 Å². The first-order valence-corrected chi connectivity index (χ1v) is 7.28. The molecule has 108 valence electrons. The van der Waals surface area contributed by atoms with Gasteiger partial charge in [0, 0.05) is 13.0 Å². The molecule has 0 aromatic heterocycles. The van der Waals surface area contributed by atoms with Crippen molar-refractivity contribution in [3.05, 3.63) is 0 Å². The first-order chi connectivity index (χ1) is 8.65. The van der Waals surface area contributed by atoms with Crippen LogP contribution in [0, 0.1) is 0 Å². The van der Waals surface area contributed by atoms with Crippen molar-refractivity contribution >= 4 is 0 Å². The molecule has 1 rings (SSSR count). The molecule has 0 spiro atoms. The lowest BCUT2D eigenvalue weighted by Crippen LogP contribution is -2.47. The summed E-state index contributed by atoms with van der Waals surface area (Å²) in [7, 11) is 0. The van der Waals surface area contributed by atoms with Crippen molar-refractivity contribution in [2.24, 2.45) is 0 Å². The molecule has 18 heavy (non-hydrogen) atoms. The van der Waals surface area contributed by atoms with Crippen molar-refractivity contribution in [1.29, 1.82) is 0 Å². The molecule has 0 radical (unpaired) electrons. The van der Waals surface area contributed by atoms with Crippen molar-refractivity contribution in [3.8, 4) is 0 Å². The quantitative estimate of drug-likeness (QED) is 0.657. The summed E-state index contributed by atoms with van der Waals surface area (Å²) >= 11 is 0. The molecule has 0 amide bonds. The van der Waals surface area contributed by atoms with E-state index in [1.165, 1.54) is 32.1 Å². The van der Waals surface area contributed by atoms with Crippen LogP contribution in [0.2, 0.25) is 0 Å². The Morgan fingerprint density at radius 1 is 1.11 bits per heavy atom. The molecule has 0 unspecified atom stereocenters. The van der Waals surface area contributed by atoms with Gasteiger partial charge < -0.3 is 19.7 Å². The predicted molar refractivity (Wildman–Crippen MR) is 70.3 cm³/mol. The van der Waals surface area contributed by atoms with Gasteiger partial charge in [-0.3, -0.25) is 0 Å². The first-order valence-electron chi connectivity index (χ1n) is 7.28. The molecular formula is C14H28O4. The van der Waals surface area contributed by atoms with E-state index in [2.05, 4.69) is 6.92 Å². The van der Waals surface area contributed by atoms with Crippen LogP contribution >= 0.6 is 0 Å². The number of unbranched alkanes of at least 4 members (excludes halogenated alkanes) is 5. The van der Waals surface area contributed by atoms with Gasteiger partial charge in [0.2, 0.25) is 0 Å². The van der Waals surface area contributed by atoms with E-state index in [1.54, 1.807) is 6.92 Å². The number of hydrogen-bond donors (Lipinski definition) is 2. The van der Waals surface area contributed by atoms with Crippen LogP contribution in [-0.2, 0) is 9.47 Å². The second kappa shape index (κ2) is 8.86. The van der Waals surface area contributed by atoms with Crippen LogP contribution in [0.15, 0.2) is 0 Å². The van der Waals surface area contributed by atoms with Crippen LogP contribution in [0.1, 0.15) is 58.8 Å². The summed E-state index contributed by atoms with van der Waals surface area (Å²) in [6.07, 6.45) is 5.49. The van der Waals surface area contributed by atoms with Gasteiger partial charge in [0.25, 0.3) is 0 Å². The Labute approximate surface area is 110 Å². The van der Waals surface area contributed by atoms with Gasteiger partial charge in [-0.25, -0.2) is 0 Å². The van der Waals surface area contributed by atoms with Crippen LogP contribution in [0.3, 0.4) is 0 Å². The number of hydrogen-bond acceptors (Lipinski definition) is 4. The lowest BCUT2D eigenvalue weighted by atomic mass is 10.0. The summed E-state index contributed by atoms with van der Waals surface area (Å²) in [6.45, 7) is 4.64. The molecule has 0 saturated carbocycles. The molecule has 0 aromatic rings. The highest BCUT2D eigenvalue weighted by Crippen LogP contribution is 2.21. The normalized spacial score (nSPS) is 32.7. The van der Waals surface area contributed by atoms with E-state index in [0.29, 0.717) is 13.0 Å². The number of aliphatic hydroxyl groups is 2. The van der Waals surface area contributed by atoms with E-state index in [4.69, 9.17) is 9.47 Å². The fourth-order valence-electron chi connectivity index (χ4n) is 2.23. The molecule has 1 aliphatic heterocycles. The second-order valence-electron chi connectivity index (χ2n) is 5.20. The average Bonchev–Trinajstić information content (AvgIpc) is 2.34. The molecular weight excluding hydrogens is 232 g/mol. The number of rotatable bonds is 8. The Kier molecular flexibility index (Phi) is 7.82. The molecule has 0 bridgehead atoms. The Bertz CT molecular complexity index is 198. The van der Waals surface area contributed by atoms with Gasteiger partial charge in [-0.05, 0) is 13.3 Å². The van der Waals surface area contributed by atoms with E-state index in [-0.39, 0.29) is 12.4 Å². The van der Waals surface area contributed by atoms with Gasteiger partial charge in [-0.2, -0.15) is 0 Å². The zero-order chi connectivity index (χ0) is 13.4. The molecule has 0 aliphatic carbocycles. The van der Waals surface area contributed by atoms with E-state index in [1.807, 2.05) is 0 Å². The molecule has 1 heterocycles. The summed E-state index contributed by atoms with van der Waals surface area (Å²) in [5, 5.41) is 19.1. The standard InChI is InChI=1S/C14H28O4/c1-3-4-5-6-7-8-9-17-13-10-12(15)14(16)11(2)18-13/h11-16H,3-10H2,1-2H3/t11-,12-,13+,14-/m0/s1. The second-order valence-corrected chi connectivity index (χ2v) is 5.20. The maximum Gasteiger partial charge on any atom is 0.160 e. The Hall–Kier alpha value is -0.160. The Balaban J connectivity index is 2.02. The molecule has 1 fully saturated rings. The summed E-state index contributed by atoms with van der Waals surface area (Å²) in [4.78, 5) is 0. The van der Waals surface area contributed by atoms with Gasteiger partial charge in [0.05, 0.1) is 12.2 Å². The zero-order valence-corrected chi connectivity index (χ0v) is 11.7. The molecule has 1 aliphatic rings. The third-order valence-corrected chi connectivity index (χ3v) is 3.48. The third-order valence-electron chi connectivity index (χ3n) is 3.48. The van der Waals surface area contributed by atoms with E-state index in [9.17, 15) is 10.2 Å². The van der Waals surface area contributed by atoms with Gasteiger partial charge in [-0.15, -0.1) is 0 Å². The van der Waals surface area contributed by atoms with Crippen molar-refractivity contribution in [3.63, 3.8) is 0 Å². The highest BCUT2D eigenvalue weighted by molar-refractivity contribution is 4.79. The number of ether oxygens (including phenoxy) is 2. The van der Waals surface area contributed by atoms with Crippen molar-refractivity contribution in [2.45, 2.75) is 83.4 Å². The summed E-state index contributed by atoms with van der Waals surface area (Å²) in [6, 6.07) is 0. The van der Waals surface area contributed by atoms with Crippen LogP contribution in [0.4, 0.5) is 0 Å². The minimum Gasteiger partial charge on any atom is -0.390 e. The Morgan fingerprint density at radius 2 is 1.78 bits per heavy atom. The molecule has 1 saturated heterocycles. The Morgan fingerprint density at radius 3 is 2.44 bits per heavy atom. The third kappa shape index (κ3) is 5.65. The van der Waals surface area contributed by atoms with Crippen molar-refractivity contribution in [2.75, 3.05) is 6.61 Å². The lowest BCUT2D eigenvalue weighted by molar-refractivity contribution is -0.246.